The molecule has 1 saturated heterocycles. The van der Waals surface area contributed by atoms with Crippen LogP contribution in [0.2, 0.25) is 5.02 Å². The maximum atomic E-state index is 12.8. The van der Waals surface area contributed by atoms with E-state index in [4.69, 9.17) is 16.1 Å². The van der Waals surface area contributed by atoms with E-state index in [9.17, 15) is 4.79 Å². The van der Waals surface area contributed by atoms with Crippen LogP contribution >= 0.6 is 11.6 Å². The van der Waals surface area contributed by atoms with Crippen molar-refractivity contribution in [1.29, 1.82) is 0 Å². The van der Waals surface area contributed by atoms with Crippen LogP contribution in [0.15, 0.2) is 35.2 Å². The average Bonchev–Trinajstić information content (AvgIpc) is 3.31. The van der Waals surface area contributed by atoms with E-state index in [1.165, 1.54) is 6.39 Å². The Balaban J connectivity index is 1.30. The van der Waals surface area contributed by atoms with Gasteiger partial charge in [-0.3, -0.25) is 9.69 Å². The predicted molar refractivity (Wildman–Crippen MR) is 97.7 cm³/mol. The zero-order valence-corrected chi connectivity index (χ0v) is 15.4. The second-order valence-corrected chi connectivity index (χ2v) is 7.83. The number of aromatic nitrogens is 2. The highest BCUT2D eigenvalue weighted by atomic mass is 35.5. The van der Waals surface area contributed by atoms with Crippen molar-refractivity contribution in [3.05, 3.63) is 47.1 Å². The highest BCUT2D eigenvalue weighted by Crippen LogP contribution is 2.48. The van der Waals surface area contributed by atoms with Gasteiger partial charge in [0.25, 0.3) is 0 Å². The molecule has 138 valence electrons. The quantitative estimate of drug-likeness (QED) is 0.841. The molecule has 1 aliphatic heterocycles. The van der Waals surface area contributed by atoms with Gasteiger partial charge >= 0.3 is 0 Å². The summed E-state index contributed by atoms with van der Waals surface area (Å²) in [6.07, 6.45) is 5.45. The molecule has 0 radical (unpaired) electrons. The number of rotatable bonds is 6. The van der Waals surface area contributed by atoms with Crippen molar-refractivity contribution in [1.82, 2.24) is 20.4 Å². The third kappa shape index (κ3) is 3.76. The van der Waals surface area contributed by atoms with Crippen LogP contribution in [0.4, 0.5) is 0 Å². The number of nitrogens with one attached hydrogen (secondary N) is 1. The molecule has 1 aliphatic carbocycles. The van der Waals surface area contributed by atoms with Crippen LogP contribution in [-0.2, 0) is 16.8 Å². The number of benzene rings is 1. The van der Waals surface area contributed by atoms with Crippen molar-refractivity contribution < 1.29 is 9.32 Å². The van der Waals surface area contributed by atoms with Crippen LogP contribution in [-0.4, -0.2) is 40.6 Å². The van der Waals surface area contributed by atoms with Crippen LogP contribution in [0, 0.1) is 5.92 Å². The Hall–Kier alpha value is -1.92. The third-order valence-corrected chi connectivity index (χ3v) is 5.76. The minimum absolute atomic E-state index is 0.148. The van der Waals surface area contributed by atoms with Crippen LogP contribution in [0.5, 0.6) is 0 Å². The van der Waals surface area contributed by atoms with E-state index in [0.29, 0.717) is 23.3 Å². The molecule has 2 aliphatic rings. The van der Waals surface area contributed by atoms with Gasteiger partial charge < -0.3 is 9.84 Å². The van der Waals surface area contributed by atoms with Crippen molar-refractivity contribution in [3.63, 3.8) is 0 Å². The Morgan fingerprint density at radius 1 is 1.35 bits per heavy atom. The van der Waals surface area contributed by atoms with Gasteiger partial charge in [0.1, 0.15) is 0 Å². The number of carbonyl (C=O) groups excluding carboxylic acids is 1. The highest BCUT2D eigenvalue weighted by molar-refractivity contribution is 6.30. The maximum absolute atomic E-state index is 12.8. The summed E-state index contributed by atoms with van der Waals surface area (Å²) in [5.74, 6) is 1.32. The minimum atomic E-state index is -0.344. The Morgan fingerprint density at radius 2 is 2.15 bits per heavy atom. The monoisotopic (exact) mass is 374 g/mol. The summed E-state index contributed by atoms with van der Waals surface area (Å²) in [7, 11) is 0. The molecule has 1 amide bonds. The lowest BCUT2D eigenvalue weighted by molar-refractivity contribution is -0.123. The highest BCUT2D eigenvalue weighted by Gasteiger charge is 2.51. The van der Waals surface area contributed by atoms with Gasteiger partial charge in [-0.05, 0) is 55.8 Å². The number of hydrogen-bond acceptors (Lipinski definition) is 5. The number of piperidine rings is 1. The van der Waals surface area contributed by atoms with Crippen LogP contribution in [0.25, 0.3) is 0 Å². The van der Waals surface area contributed by atoms with Crippen molar-refractivity contribution >= 4 is 17.5 Å². The lowest BCUT2D eigenvalue weighted by Gasteiger charge is -2.32. The van der Waals surface area contributed by atoms with E-state index in [0.717, 1.165) is 50.9 Å². The summed E-state index contributed by atoms with van der Waals surface area (Å²) in [4.78, 5) is 19.2. The van der Waals surface area contributed by atoms with Crippen LogP contribution in [0.1, 0.15) is 37.1 Å². The van der Waals surface area contributed by atoms with Crippen LogP contribution in [0.3, 0.4) is 0 Å². The van der Waals surface area contributed by atoms with Gasteiger partial charge in [-0.25, -0.2) is 0 Å². The summed E-state index contributed by atoms with van der Waals surface area (Å²) < 4.78 is 4.80. The summed E-state index contributed by atoms with van der Waals surface area (Å²) in [5, 5.41) is 7.78. The molecular weight excluding hydrogens is 352 g/mol. The summed E-state index contributed by atoms with van der Waals surface area (Å²) in [6, 6.07) is 7.67. The molecule has 1 N–H and O–H groups in total. The number of likely N-dealkylation sites (tertiary alicyclic amines) is 1. The molecule has 1 atom stereocenters. The van der Waals surface area contributed by atoms with Crippen molar-refractivity contribution in [2.45, 2.75) is 37.6 Å². The standard InChI is InChI=1S/C19H23ClN4O2/c20-16-5-3-15(4-6-16)19(7-8-19)18(25)21-10-14-2-1-9-24(11-14)12-17-22-13-26-23-17/h3-6,13-14H,1-2,7-12H2,(H,21,25). The maximum Gasteiger partial charge on any atom is 0.230 e. The van der Waals surface area contributed by atoms with E-state index in [1.54, 1.807) is 0 Å². The molecule has 7 heteroatoms. The van der Waals surface area contributed by atoms with Gasteiger partial charge in [0.15, 0.2) is 5.82 Å². The SMILES string of the molecule is O=C(NCC1CCCN(Cc2ncon2)C1)C1(c2ccc(Cl)cc2)CC1. The molecule has 6 nitrogen and oxygen atoms in total. The van der Waals surface area contributed by atoms with Gasteiger partial charge in [0.2, 0.25) is 12.3 Å². The fourth-order valence-electron chi connectivity index (χ4n) is 3.87. The van der Waals surface area contributed by atoms with Gasteiger partial charge in [-0.15, -0.1) is 0 Å². The lowest BCUT2D eigenvalue weighted by Crippen LogP contribution is -2.43. The zero-order chi connectivity index (χ0) is 18.0. The molecule has 0 spiro atoms. The molecule has 2 fully saturated rings. The average molecular weight is 375 g/mol. The molecule has 2 aromatic rings. The van der Waals surface area contributed by atoms with Gasteiger partial charge in [-0.1, -0.05) is 28.9 Å². The first-order chi connectivity index (χ1) is 12.7. The fourth-order valence-corrected chi connectivity index (χ4v) is 4.00. The van der Waals surface area contributed by atoms with Gasteiger partial charge in [0, 0.05) is 18.1 Å². The summed E-state index contributed by atoms with van der Waals surface area (Å²) in [5.41, 5.74) is 0.727. The van der Waals surface area contributed by atoms with E-state index in [1.807, 2.05) is 24.3 Å². The summed E-state index contributed by atoms with van der Waals surface area (Å²) >= 11 is 5.97. The number of nitrogens with zero attached hydrogens (tertiary/aromatic N) is 3. The molecule has 0 bridgehead atoms. The molecule has 4 rings (SSSR count). The molecule has 1 unspecified atom stereocenters. The molecule has 1 aromatic heterocycles. The second-order valence-electron chi connectivity index (χ2n) is 7.39. The first kappa shape index (κ1) is 17.5. The predicted octanol–water partition coefficient (Wildman–Crippen LogP) is 2.78. The van der Waals surface area contributed by atoms with Crippen molar-refractivity contribution in [2.24, 2.45) is 5.92 Å². The van der Waals surface area contributed by atoms with Crippen LogP contribution < -0.4 is 5.32 Å². The summed E-state index contributed by atoms with van der Waals surface area (Å²) in [6.45, 7) is 3.41. The van der Waals surface area contributed by atoms with E-state index >= 15 is 0 Å². The van der Waals surface area contributed by atoms with Gasteiger partial charge in [-0.2, -0.15) is 4.98 Å². The Kier molecular flexibility index (Phi) is 4.96. The van der Waals surface area contributed by atoms with E-state index in [-0.39, 0.29) is 11.3 Å². The Morgan fingerprint density at radius 3 is 2.85 bits per heavy atom. The molecule has 1 saturated carbocycles. The molecule has 26 heavy (non-hydrogen) atoms. The third-order valence-electron chi connectivity index (χ3n) is 5.51. The normalized spacial score (nSPS) is 22.1. The molecular formula is C19H23ClN4O2. The molecule has 2 heterocycles. The minimum Gasteiger partial charge on any atom is -0.355 e. The topological polar surface area (TPSA) is 71.3 Å². The smallest absolute Gasteiger partial charge is 0.230 e. The van der Waals surface area contributed by atoms with E-state index in [2.05, 4.69) is 20.4 Å². The first-order valence-corrected chi connectivity index (χ1v) is 9.55. The lowest BCUT2D eigenvalue weighted by atomic mass is 9.93. The fraction of sp³-hybridized carbons (Fsp3) is 0.526. The van der Waals surface area contributed by atoms with Crippen molar-refractivity contribution in [3.8, 4) is 0 Å². The number of halogens is 1. The Bertz CT molecular complexity index is 743. The van der Waals surface area contributed by atoms with Gasteiger partial charge in [0.05, 0.1) is 12.0 Å². The second kappa shape index (κ2) is 7.37. The zero-order valence-electron chi connectivity index (χ0n) is 14.7. The Labute approximate surface area is 157 Å². The van der Waals surface area contributed by atoms with E-state index < -0.39 is 0 Å². The molecule has 1 aromatic carbocycles. The number of hydrogen-bond donors (Lipinski definition) is 1. The first-order valence-electron chi connectivity index (χ1n) is 9.18. The van der Waals surface area contributed by atoms with Crippen molar-refractivity contribution in [2.75, 3.05) is 19.6 Å². The number of carbonyl (C=O) groups is 1. The largest absolute Gasteiger partial charge is 0.355 e. The number of amides is 1.